The number of rotatable bonds is 4. The zero-order valence-electron chi connectivity index (χ0n) is 9.48. The van der Waals surface area contributed by atoms with Crippen LogP contribution in [0.25, 0.3) is 0 Å². The summed E-state index contributed by atoms with van der Waals surface area (Å²) in [7, 11) is 1.55. The minimum absolute atomic E-state index is 0.297. The number of aromatic nitrogens is 1. The van der Waals surface area contributed by atoms with E-state index in [-0.39, 0.29) is 5.82 Å². The molecule has 0 spiro atoms. The molecule has 1 N–H and O–H groups in total. The van der Waals surface area contributed by atoms with E-state index >= 15 is 0 Å². The van der Waals surface area contributed by atoms with Crippen LogP contribution in [0.1, 0.15) is 5.69 Å². The number of ether oxygens (including phenoxy) is 1. The summed E-state index contributed by atoms with van der Waals surface area (Å²) < 4.78 is 18.2. The fourth-order valence-corrected chi connectivity index (χ4v) is 1.51. The van der Waals surface area contributed by atoms with Gasteiger partial charge in [0.25, 0.3) is 0 Å². The van der Waals surface area contributed by atoms with Gasteiger partial charge in [-0.2, -0.15) is 0 Å². The zero-order valence-corrected chi connectivity index (χ0v) is 9.48. The molecule has 0 radical (unpaired) electrons. The highest BCUT2D eigenvalue weighted by Crippen LogP contribution is 2.25. The van der Waals surface area contributed by atoms with Crippen LogP contribution in [-0.4, -0.2) is 12.1 Å². The number of halogens is 1. The minimum Gasteiger partial charge on any atom is -0.495 e. The molecule has 0 bridgehead atoms. The van der Waals surface area contributed by atoms with Gasteiger partial charge in [-0.25, -0.2) is 4.39 Å². The predicted octanol–water partition coefficient (Wildman–Crippen LogP) is 2.84. The fraction of sp³-hybridized carbons (Fsp3) is 0.154. The first-order valence-electron chi connectivity index (χ1n) is 5.27. The molecule has 0 atom stereocenters. The molecule has 0 aliphatic rings. The average molecular weight is 232 g/mol. The van der Waals surface area contributed by atoms with Crippen LogP contribution >= 0.6 is 0 Å². The van der Waals surface area contributed by atoms with Crippen LogP contribution in [0.5, 0.6) is 5.75 Å². The van der Waals surface area contributed by atoms with E-state index in [9.17, 15) is 4.39 Å². The molecule has 0 amide bonds. The molecule has 2 aromatic rings. The maximum absolute atomic E-state index is 13.1. The standard InChI is InChI=1S/C13H13FN2O/c1-17-13-6-5-10(14)8-12(13)16-9-11-4-2-3-7-15-11/h2-8,16H,9H2,1H3. The van der Waals surface area contributed by atoms with Crippen LogP contribution in [0.15, 0.2) is 42.6 Å². The Labute approximate surface area is 99.3 Å². The molecule has 1 heterocycles. The molecule has 0 aliphatic heterocycles. The molecule has 0 fully saturated rings. The number of anilines is 1. The maximum atomic E-state index is 13.1. The van der Waals surface area contributed by atoms with E-state index in [4.69, 9.17) is 4.74 Å². The highest BCUT2D eigenvalue weighted by Gasteiger charge is 2.04. The van der Waals surface area contributed by atoms with Gasteiger partial charge in [0.05, 0.1) is 25.0 Å². The molecule has 3 nitrogen and oxygen atoms in total. The smallest absolute Gasteiger partial charge is 0.142 e. The largest absolute Gasteiger partial charge is 0.495 e. The number of nitrogens with one attached hydrogen (secondary N) is 1. The first kappa shape index (κ1) is 11.4. The van der Waals surface area contributed by atoms with Gasteiger partial charge >= 0.3 is 0 Å². The molecule has 0 unspecified atom stereocenters. The topological polar surface area (TPSA) is 34.1 Å². The molecule has 0 saturated carbocycles. The molecular weight excluding hydrogens is 219 g/mol. The van der Waals surface area contributed by atoms with E-state index < -0.39 is 0 Å². The zero-order chi connectivity index (χ0) is 12.1. The first-order chi connectivity index (χ1) is 8.29. The number of hydrogen-bond donors (Lipinski definition) is 1. The lowest BCUT2D eigenvalue weighted by molar-refractivity contribution is 0.415. The van der Waals surface area contributed by atoms with Crippen molar-refractivity contribution in [3.63, 3.8) is 0 Å². The predicted molar refractivity (Wildman–Crippen MR) is 64.5 cm³/mol. The minimum atomic E-state index is -0.297. The number of hydrogen-bond acceptors (Lipinski definition) is 3. The SMILES string of the molecule is COc1ccc(F)cc1NCc1ccccn1. The number of methoxy groups -OCH3 is 1. The van der Waals surface area contributed by atoms with Crippen molar-refractivity contribution in [2.45, 2.75) is 6.54 Å². The number of benzene rings is 1. The van der Waals surface area contributed by atoms with Crippen LogP contribution in [0.2, 0.25) is 0 Å². The lowest BCUT2D eigenvalue weighted by atomic mass is 10.2. The second-order valence-corrected chi connectivity index (χ2v) is 3.52. The summed E-state index contributed by atoms with van der Waals surface area (Å²) >= 11 is 0. The molecule has 4 heteroatoms. The molecule has 0 saturated heterocycles. The van der Waals surface area contributed by atoms with Crippen molar-refractivity contribution < 1.29 is 9.13 Å². The summed E-state index contributed by atoms with van der Waals surface area (Å²) in [5, 5.41) is 3.09. The van der Waals surface area contributed by atoms with Crippen LogP contribution < -0.4 is 10.1 Å². The molecule has 88 valence electrons. The van der Waals surface area contributed by atoms with Gasteiger partial charge in [0.1, 0.15) is 11.6 Å². The van der Waals surface area contributed by atoms with Crippen LogP contribution in [0, 0.1) is 5.82 Å². The van der Waals surface area contributed by atoms with E-state index in [1.54, 1.807) is 19.4 Å². The van der Waals surface area contributed by atoms with Gasteiger partial charge in [0.2, 0.25) is 0 Å². The second-order valence-electron chi connectivity index (χ2n) is 3.52. The van der Waals surface area contributed by atoms with Gasteiger partial charge in [0.15, 0.2) is 0 Å². The van der Waals surface area contributed by atoms with Crippen LogP contribution in [0.4, 0.5) is 10.1 Å². The Kier molecular flexibility index (Phi) is 3.55. The molecule has 17 heavy (non-hydrogen) atoms. The second kappa shape index (κ2) is 5.30. The van der Waals surface area contributed by atoms with Gasteiger partial charge in [-0.1, -0.05) is 6.07 Å². The fourth-order valence-electron chi connectivity index (χ4n) is 1.51. The van der Waals surface area contributed by atoms with Crippen molar-refractivity contribution in [3.8, 4) is 5.75 Å². The van der Waals surface area contributed by atoms with Crippen molar-refractivity contribution in [1.82, 2.24) is 4.98 Å². The van der Waals surface area contributed by atoms with Crippen molar-refractivity contribution in [2.75, 3.05) is 12.4 Å². The number of pyridine rings is 1. The average Bonchev–Trinajstić information content (AvgIpc) is 2.38. The third-order valence-electron chi connectivity index (χ3n) is 2.35. The van der Waals surface area contributed by atoms with Crippen molar-refractivity contribution >= 4 is 5.69 Å². The van der Waals surface area contributed by atoms with E-state index in [0.29, 0.717) is 18.0 Å². The molecule has 1 aromatic carbocycles. The van der Waals surface area contributed by atoms with Gasteiger partial charge < -0.3 is 10.1 Å². The summed E-state index contributed by atoms with van der Waals surface area (Å²) in [6.07, 6.45) is 1.72. The summed E-state index contributed by atoms with van der Waals surface area (Å²) in [5.41, 5.74) is 1.51. The highest BCUT2D eigenvalue weighted by atomic mass is 19.1. The lowest BCUT2D eigenvalue weighted by Gasteiger charge is -2.10. The lowest BCUT2D eigenvalue weighted by Crippen LogP contribution is -2.03. The van der Waals surface area contributed by atoms with Crippen LogP contribution in [-0.2, 0) is 6.54 Å². The summed E-state index contributed by atoms with van der Waals surface area (Å²) in [4.78, 5) is 4.17. The Morgan fingerprint density at radius 3 is 2.88 bits per heavy atom. The monoisotopic (exact) mass is 232 g/mol. The normalized spacial score (nSPS) is 10.0. The van der Waals surface area contributed by atoms with E-state index in [1.807, 2.05) is 18.2 Å². The molecule has 2 rings (SSSR count). The Balaban J connectivity index is 2.11. The highest BCUT2D eigenvalue weighted by molar-refractivity contribution is 5.56. The Morgan fingerprint density at radius 1 is 1.29 bits per heavy atom. The van der Waals surface area contributed by atoms with Gasteiger partial charge in [-0.15, -0.1) is 0 Å². The Hall–Kier alpha value is -2.10. The summed E-state index contributed by atoms with van der Waals surface area (Å²) in [5.74, 6) is 0.316. The molecule has 0 aliphatic carbocycles. The van der Waals surface area contributed by atoms with Crippen molar-refractivity contribution in [1.29, 1.82) is 0 Å². The third-order valence-corrected chi connectivity index (χ3v) is 2.35. The van der Waals surface area contributed by atoms with Gasteiger partial charge in [-0.3, -0.25) is 4.98 Å². The maximum Gasteiger partial charge on any atom is 0.142 e. The first-order valence-corrected chi connectivity index (χ1v) is 5.27. The summed E-state index contributed by atoms with van der Waals surface area (Å²) in [6, 6.07) is 10.0. The molecule has 1 aromatic heterocycles. The third kappa shape index (κ3) is 2.93. The van der Waals surface area contributed by atoms with Crippen LogP contribution in [0.3, 0.4) is 0 Å². The number of nitrogens with zero attached hydrogens (tertiary/aromatic N) is 1. The van der Waals surface area contributed by atoms with E-state index in [1.165, 1.54) is 12.1 Å². The molecular formula is C13H13FN2O. The summed E-state index contributed by atoms with van der Waals surface area (Å²) in [6.45, 7) is 0.528. The quantitative estimate of drug-likeness (QED) is 0.880. The van der Waals surface area contributed by atoms with Gasteiger partial charge in [-0.05, 0) is 24.3 Å². The van der Waals surface area contributed by atoms with Crippen molar-refractivity contribution in [2.24, 2.45) is 0 Å². The Morgan fingerprint density at radius 2 is 2.18 bits per heavy atom. The van der Waals surface area contributed by atoms with E-state index in [2.05, 4.69) is 10.3 Å². The van der Waals surface area contributed by atoms with E-state index in [0.717, 1.165) is 5.69 Å². The van der Waals surface area contributed by atoms with Gasteiger partial charge in [0, 0.05) is 12.3 Å². The Bertz CT molecular complexity index is 488. The van der Waals surface area contributed by atoms with Crippen molar-refractivity contribution in [3.05, 3.63) is 54.1 Å².